The van der Waals surface area contributed by atoms with Crippen molar-refractivity contribution in [1.29, 1.82) is 0 Å². The van der Waals surface area contributed by atoms with Gasteiger partial charge in [-0.25, -0.2) is 0 Å². The molecule has 0 radical (unpaired) electrons. The fourth-order valence-electron chi connectivity index (χ4n) is 1.71. The molecular formula is C11H17ClN2OS. The van der Waals surface area contributed by atoms with E-state index in [-0.39, 0.29) is 18.3 Å². The van der Waals surface area contributed by atoms with Gasteiger partial charge in [0, 0.05) is 4.88 Å². The first-order chi connectivity index (χ1) is 7.12. The first-order valence-electron chi connectivity index (χ1n) is 5.22. The van der Waals surface area contributed by atoms with Crippen molar-refractivity contribution in [2.45, 2.75) is 38.3 Å². The van der Waals surface area contributed by atoms with Crippen molar-refractivity contribution in [3.63, 3.8) is 0 Å². The van der Waals surface area contributed by atoms with E-state index in [1.807, 2.05) is 5.38 Å². The van der Waals surface area contributed by atoms with E-state index < -0.39 is 5.54 Å². The van der Waals surface area contributed by atoms with E-state index in [2.05, 4.69) is 18.3 Å². The number of halogens is 1. The van der Waals surface area contributed by atoms with Crippen LogP contribution in [0, 0.1) is 6.92 Å². The summed E-state index contributed by atoms with van der Waals surface area (Å²) in [5.41, 5.74) is 6.57. The van der Waals surface area contributed by atoms with Crippen LogP contribution in [0.2, 0.25) is 0 Å². The number of thiophene rings is 1. The second kappa shape index (κ2) is 5.17. The molecule has 1 aliphatic rings. The minimum Gasteiger partial charge on any atom is -0.350 e. The smallest absolute Gasteiger partial charge is 0.240 e. The third-order valence-electron chi connectivity index (χ3n) is 3.08. The predicted molar refractivity (Wildman–Crippen MR) is 68.9 cm³/mol. The van der Waals surface area contributed by atoms with Gasteiger partial charge in [-0.05, 0) is 43.2 Å². The third kappa shape index (κ3) is 2.56. The number of carbonyl (C=O) groups excluding carboxylic acids is 1. The molecule has 1 amide bonds. The Morgan fingerprint density at radius 2 is 2.31 bits per heavy atom. The molecule has 0 aromatic carbocycles. The molecule has 0 atom stereocenters. The molecule has 0 unspecified atom stereocenters. The second-order valence-electron chi connectivity index (χ2n) is 4.22. The lowest BCUT2D eigenvalue weighted by atomic mass is 9.77. The van der Waals surface area contributed by atoms with Gasteiger partial charge < -0.3 is 11.1 Å². The lowest BCUT2D eigenvalue weighted by Gasteiger charge is -2.36. The van der Waals surface area contributed by atoms with Crippen LogP contribution in [0.25, 0.3) is 0 Å². The summed E-state index contributed by atoms with van der Waals surface area (Å²) >= 11 is 1.67. The van der Waals surface area contributed by atoms with Crippen molar-refractivity contribution < 1.29 is 4.79 Å². The lowest BCUT2D eigenvalue weighted by molar-refractivity contribution is -0.129. The third-order valence-corrected chi connectivity index (χ3v) is 4.10. The van der Waals surface area contributed by atoms with E-state index in [4.69, 9.17) is 5.73 Å². The van der Waals surface area contributed by atoms with E-state index in [0.29, 0.717) is 6.54 Å². The fraction of sp³-hybridized carbons (Fsp3) is 0.545. The highest BCUT2D eigenvalue weighted by Crippen LogP contribution is 2.29. The van der Waals surface area contributed by atoms with E-state index in [0.717, 1.165) is 19.3 Å². The normalized spacial score (nSPS) is 17.1. The average Bonchev–Trinajstić information content (AvgIpc) is 2.56. The molecule has 1 heterocycles. The lowest BCUT2D eigenvalue weighted by Crippen LogP contribution is -2.58. The Morgan fingerprint density at radius 1 is 1.62 bits per heavy atom. The van der Waals surface area contributed by atoms with Gasteiger partial charge in [-0.15, -0.1) is 23.7 Å². The Balaban J connectivity index is 0.00000128. The summed E-state index contributed by atoms with van der Waals surface area (Å²) in [6.45, 7) is 2.67. The topological polar surface area (TPSA) is 55.1 Å². The Morgan fingerprint density at radius 3 is 2.75 bits per heavy atom. The van der Waals surface area contributed by atoms with Gasteiger partial charge in [0.1, 0.15) is 0 Å². The number of amides is 1. The molecule has 1 aromatic heterocycles. The maximum Gasteiger partial charge on any atom is 0.240 e. The Hall–Kier alpha value is -0.580. The molecule has 0 aliphatic heterocycles. The predicted octanol–water partition coefficient (Wildman–Crippen LogP) is 1.98. The summed E-state index contributed by atoms with van der Waals surface area (Å²) in [6, 6.07) is 2.06. The van der Waals surface area contributed by atoms with Crippen LogP contribution in [0.5, 0.6) is 0 Å². The molecule has 5 heteroatoms. The molecule has 1 fully saturated rings. The molecule has 3 N–H and O–H groups in total. The van der Waals surface area contributed by atoms with Gasteiger partial charge in [-0.2, -0.15) is 0 Å². The standard InChI is InChI=1S/C11H16N2OS.ClH/c1-8-3-6-15-9(8)7-13-10(14)11(12)4-2-5-11;/h3,6H,2,4-5,7,12H2,1H3,(H,13,14);1H. The molecule has 0 bridgehead atoms. The zero-order chi connectivity index (χ0) is 10.9. The van der Waals surface area contributed by atoms with Crippen molar-refractivity contribution >= 4 is 29.7 Å². The number of nitrogens with two attached hydrogens (primary N) is 1. The number of nitrogens with one attached hydrogen (secondary N) is 1. The maximum atomic E-state index is 11.7. The van der Waals surface area contributed by atoms with Gasteiger partial charge in [0.15, 0.2) is 0 Å². The summed E-state index contributed by atoms with van der Waals surface area (Å²) in [7, 11) is 0. The summed E-state index contributed by atoms with van der Waals surface area (Å²) in [5, 5.41) is 4.95. The Kier molecular flexibility index (Phi) is 4.35. The highest BCUT2D eigenvalue weighted by Gasteiger charge is 2.39. The zero-order valence-electron chi connectivity index (χ0n) is 9.29. The summed E-state index contributed by atoms with van der Waals surface area (Å²) in [4.78, 5) is 12.9. The van der Waals surface area contributed by atoms with E-state index in [9.17, 15) is 4.79 Å². The first-order valence-corrected chi connectivity index (χ1v) is 6.10. The van der Waals surface area contributed by atoms with Crippen molar-refractivity contribution in [1.82, 2.24) is 5.32 Å². The van der Waals surface area contributed by atoms with Crippen LogP contribution >= 0.6 is 23.7 Å². The number of aryl methyl sites for hydroxylation is 1. The van der Waals surface area contributed by atoms with Gasteiger partial charge in [-0.1, -0.05) is 0 Å². The Labute approximate surface area is 106 Å². The van der Waals surface area contributed by atoms with Crippen molar-refractivity contribution in [3.8, 4) is 0 Å². The SMILES string of the molecule is Cc1ccsc1CNC(=O)C1(N)CCC1.Cl. The van der Waals surface area contributed by atoms with Gasteiger partial charge in [0.25, 0.3) is 0 Å². The second-order valence-corrected chi connectivity index (χ2v) is 5.22. The maximum absolute atomic E-state index is 11.7. The van der Waals surface area contributed by atoms with Crippen LogP contribution in [0.4, 0.5) is 0 Å². The average molecular weight is 261 g/mol. The number of hydrogen-bond acceptors (Lipinski definition) is 3. The molecule has 0 saturated heterocycles. The first kappa shape index (κ1) is 13.5. The van der Waals surface area contributed by atoms with Crippen LogP contribution in [0.15, 0.2) is 11.4 Å². The fourth-order valence-corrected chi connectivity index (χ4v) is 2.55. The zero-order valence-corrected chi connectivity index (χ0v) is 10.9. The highest BCUT2D eigenvalue weighted by molar-refractivity contribution is 7.10. The van der Waals surface area contributed by atoms with E-state index in [1.54, 1.807) is 11.3 Å². The Bertz CT molecular complexity index is 374. The van der Waals surface area contributed by atoms with Gasteiger partial charge in [-0.3, -0.25) is 4.79 Å². The van der Waals surface area contributed by atoms with Gasteiger partial charge >= 0.3 is 0 Å². The molecule has 90 valence electrons. The van der Waals surface area contributed by atoms with Gasteiger partial charge in [0.2, 0.25) is 5.91 Å². The summed E-state index contributed by atoms with van der Waals surface area (Å²) in [5.74, 6) is 0.00144. The van der Waals surface area contributed by atoms with Gasteiger partial charge in [0.05, 0.1) is 12.1 Å². The number of rotatable bonds is 3. The summed E-state index contributed by atoms with van der Waals surface area (Å²) in [6.07, 6.45) is 2.71. The quantitative estimate of drug-likeness (QED) is 0.873. The number of hydrogen-bond donors (Lipinski definition) is 2. The van der Waals surface area contributed by atoms with Crippen LogP contribution in [0.1, 0.15) is 29.7 Å². The van der Waals surface area contributed by atoms with Crippen LogP contribution in [-0.2, 0) is 11.3 Å². The van der Waals surface area contributed by atoms with Crippen LogP contribution < -0.4 is 11.1 Å². The molecule has 1 aliphatic carbocycles. The minimum absolute atomic E-state index is 0. The summed E-state index contributed by atoms with van der Waals surface area (Å²) < 4.78 is 0. The van der Waals surface area contributed by atoms with Crippen molar-refractivity contribution in [3.05, 3.63) is 21.9 Å². The van der Waals surface area contributed by atoms with Crippen LogP contribution in [-0.4, -0.2) is 11.4 Å². The molecule has 16 heavy (non-hydrogen) atoms. The molecule has 2 rings (SSSR count). The van der Waals surface area contributed by atoms with E-state index >= 15 is 0 Å². The largest absolute Gasteiger partial charge is 0.350 e. The van der Waals surface area contributed by atoms with Crippen molar-refractivity contribution in [2.24, 2.45) is 5.73 Å². The molecule has 1 aromatic rings. The minimum atomic E-state index is -0.578. The molecule has 1 saturated carbocycles. The van der Waals surface area contributed by atoms with Crippen LogP contribution in [0.3, 0.4) is 0 Å². The highest BCUT2D eigenvalue weighted by atomic mass is 35.5. The monoisotopic (exact) mass is 260 g/mol. The molecule has 0 spiro atoms. The van der Waals surface area contributed by atoms with Crippen molar-refractivity contribution in [2.75, 3.05) is 0 Å². The van der Waals surface area contributed by atoms with E-state index in [1.165, 1.54) is 10.4 Å². The molecular weight excluding hydrogens is 244 g/mol. The number of carbonyl (C=O) groups is 1. The molecule has 3 nitrogen and oxygen atoms in total.